The highest BCUT2D eigenvalue weighted by molar-refractivity contribution is 5.29. The van der Waals surface area contributed by atoms with E-state index in [1.807, 2.05) is 26.0 Å². The van der Waals surface area contributed by atoms with E-state index in [1.165, 1.54) is 11.6 Å². The van der Waals surface area contributed by atoms with Crippen molar-refractivity contribution < 1.29 is 17.9 Å². The highest BCUT2D eigenvalue weighted by Crippen LogP contribution is 2.29. The first-order valence-corrected chi connectivity index (χ1v) is 12.3. The van der Waals surface area contributed by atoms with Gasteiger partial charge in [-0.05, 0) is 85.5 Å². The maximum absolute atomic E-state index is 13.0. The van der Waals surface area contributed by atoms with Crippen molar-refractivity contribution in [2.45, 2.75) is 77.8 Å². The molecule has 0 bridgehead atoms. The summed E-state index contributed by atoms with van der Waals surface area (Å²) >= 11 is 0. The minimum absolute atomic E-state index is 0.101. The topological polar surface area (TPSA) is 35.0 Å². The molecule has 0 aliphatic carbocycles. The summed E-state index contributed by atoms with van der Waals surface area (Å²) in [6, 6.07) is 16.5. The molecule has 3 rings (SSSR count). The molecule has 0 saturated carbocycles. The molecule has 2 atom stereocenters. The van der Waals surface area contributed by atoms with Crippen LogP contribution in [0.5, 0.6) is 5.75 Å². The van der Waals surface area contributed by atoms with Crippen LogP contribution in [0.25, 0.3) is 0 Å². The Labute approximate surface area is 206 Å². The van der Waals surface area contributed by atoms with Crippen molar-refractivity contribution in [2.24, 2.45) is 0 Å². The summed E-state index contributed by atoms with van der Waals surface area (Å²) < 4.78 is 44.9. The highest BCUT2D eigenvalue weighted by Gasteiger charge is 2.32. The summed E-state index contributed by atoms with van der Waals surface area (Å²) in [5, 5.41) is 0. The SMILES string of the molecule is Cc1cc(CCC(C)c2cccc(C(F)(F)F)n2)nc(C(C)CCOc2ccc(C(C)C)cc2)c1. The van der Waals surface area contributed by atoms with E-state index in [-0.39, 0.29) is 11.8 Å². The number of hydrogen-bond donors (Lipinski definition) is 0. The lowest BCUT2D eigenvalue weighted by Gasteiger charge is -2.16. The van der Waals surface area contributed by atoms with Crippen molar-refractivity contribution in [3.8, 4) is 5.75 Å². The van der Waals surface area contributed by atoms with Crippen LogP contribution >= 0.6 is 0 Å². The number of rotatable bonds is 10. The van der Waals surface area contributed by atoms with Gasteiger partial charge in [0.15, 0.2) is 0 Å². The molecule has 3 aromatic rings. The predicted molar refractivity (Wildman–Crippen MR) is 134 cm³/mol. The summed E-state index contributed by atoms with van der Waals surface area (Å²) in [5.41, 5.74) is 4.01. The Balaban J connectivity index is 1.56. The first-order chi connectivity index (χ1) is 16.5. The Hall–Kier alpha value is -2.89. The Kier molecular flexibility index (Phi) is 8.92. The van der Waals surface area contributed by atoms with Crippen LogP contribution in [0, 0.1) is 6.92 Å². The smallest absolute Gasteiger partial charge is 0.433 e. The first-order valence-electron chi connectivity index (χ1n) is 12.3. The fourth-order valence-corrected chi connectivity index (χ4v) is 4.00. The van der Waals surface area contributed by atoms with Gasteiger partial charge >= 0.3 is 6.18 Å². The van der Waals surface area contributed by atoms with Gasteiger partial charge in [0, 0.05) is 23.0 Å². The van der Waals surface area contributed by atoms with Crippen LogP contribution in [0.2, 0.25) is 0 Å². The zero-order valence-corrected chi connectivity index (χ0v) is 21.2. The molecule has 1 aromatic carbocycles. The molecule has 0 N–H and O–H groups in total. The zero-order chi connectivity index (χ0) is 25.6. The number of aryl methyl sites for hydroxylation is 2. The molecule has 188 valence electrons. The van der Waals surface area contributed by atoms with Crippen LogP contribution < -0.4 is 4.74 Å². The van der Waals surface area contributed by atoms with Gasteiger partial charge in [0.2, 0.25) is 0 Å². The summed E-state index contributed by atoms with van der Waals surface area (Å²) in [6.45, 7) is 11.0. The Morgan fingerprint density at radius 3 is 2.17 bits per heavy atom. The summed E-state index contributed by atoms with van der Waals surface area (Å²) in [7, 11) is 0. The molecule has 3 nitrogen and oxygen atoms in total. The predicted octanol–water partition coefficient (Wildman–Crippen LogP) is 8.24. The van der Waals surface area contributed by atoms with Crippen LogP contribution in [0.4, 0.5) is 13.2 Å². The third kappa shape index (κ3) is 7.81. The molecular formula is C29H35F3N2O. The van der Waals surface area contributed by atoms with Crippen molar-refractivity contribution in [2.75, 3.05) is 6.61 Å². The van der Waals surface area contributed by atoms with Gasteiger partial charge in [-0.1, -0.05) is 45.9 Å². The number of nitrogens with zero attached hydrogens (tertiary/aromatic N) is 2. The van der Waals surface area contributed by atoms with Gasteiger partial charge in [-0.15, -0.1) is 0 Å². The Bertz CT molecular complexity index is 1090. The van der Waals surface area contributed by atoms with E-state index < -0.39 is 11.9 Å². The van der Waals surface area contributed by atoms with Crippen LogP contribution in [-0.4, -0.2) is 16.6 Å². The van der Waals surface area contributed by atoms with Crippen molar-refractivity contribution >= 4 is 0 Å². The minimum atomic E-state index is -4.43. The van der Waals surface area contributed by atoms with Gasteiger partial charge in [-0.2, -0.15) is 13.2 Å². The molecule has 0 aliphatic rings. The largest absolute Gasteiger partial charge is 0.494 e. The molecule has 0 aliphatic heterocycles. The van der Waals surface area contributed by atoms with E-state index in [0.717, 1.165) is 35.2 Å². The van der Waals surface area contributed by atoms with Crippen LogP contribution in [0.15, 0.2) is 54.6 Å². The highest BCUT2D eigenvalue weighted by atomic mass is 19.4. The molecule has 0 spiro atoms. The second-order valence-electron chi connectivity index (χ2n) is 9.71. The average molecular weight is 485 g/mol. The van der Waals surface area contributed by atoms with Gasteiger partial charge in [0.25, 0.3) is 0 Å². The van der Waals surface area contributed by atoms with Crippen molar-refractivity contribution in [1.29, 1.82) is 0 Å². The number of halogens is 3. The third-order valence-corrected chi connectivity index (χ3v) is 6.31. The molecule has 0 saturated heterocycles. The van der Waals surface area contributed by atoms with Crippen molar-refractivity contribution in [3.63, 3.8) is 0 Å². The molecule has 35 heavy (non-hydrogen) atoms. The van der Waals surface area contributed by atoms with Gasteiger partial charge in [-0.3, -0.25) is 4.98 Å². The number of hydrogen-bond acceptors (Lipinski definition) is 3. The fourth-order valence-electron chi connectivity index (χ4n) is 4.00. The Morgan fingerprint density at radius 1 is 0.829 bits per heavy atom. The minimum Gasteiger partial charge on any atom is -0.494 e. The second-order valence-corrected chi connectivity index (χ2v) is 9.71. The number of benzene rings is 1. The summed E-state index contributed by atoms with van der Waals surface area (Å²) in [6.07, 6.45) is -2.24. The van der Waals surface area contributed by atoms with Gasteiger partial charge < -0.3 is 4.74 Å². The van der Waals surface area contributed by atoms with E-state index in [9.17, 15) is 13.2 Å². The van der Waals surface area contributed by atoms with Gasteiger partial charge in [0.1, 0.15) is 11.4 Å². The normalized spacial score (nSPS) is 13.6. The summed E-state index contributed by atoms with van der Waals surface area (Å²) in [5.74, 6) is 1.49. The molecule has 2 unspecified atom stereocenters. The number of aromatic nitrogens is 2. The second kappa shape index (κ2) is 11.7. The first kappa shape index (κ1) is 26.7. The molecule has 2 heterocycles. The van der Waals surface area contributed by atoms with Gasteiger partial charge in [0.05, 0.1) is 6.61 Å². The molecule has 2 aromatic heterocycles. The lowest BCUT2D eigenvalue weighted by Crippen LogP contribution is -2.11. The van der Waals surface area contributed by atoms with E-state index in [2.05, 4.69) is 50.0 Å². The molecule has 0 fully saturated rings. The van der Waals surface area contributed by atoms with Crippen LogP contribution in [-0.2, 0) is 12.6 Å². The molecular weight excluding hydrogens is 449 g/mol. The molecule has 6 heteroatoms. The van der Waals surface area contributed by atoms with E-state index in [1.54, 1.807) is 6.07 Å². The third-order valence-electron chi connectivity index (χ3n) is 6.31. The zero-order valence-electron chi connectivity index (χ0n) is 21.2. The van der Waals surface area contributed by atoms with E-state index in [4.69, 9.17) is 9.72 Å². The number of pyridine rings is 2. The summed E-state index contributed by atoms with van der Waals surface area (Å²) in [4.78, 5) is 8.69. The maximum atomic E-state index is 13.0. The molecule has 0 amide bonds. The lowest BCUT2D eigenvalue weighted by molar-refractivity contribution is -0.141. The Morgan fingerprint density at radius 2 is 1.51 bits per heavy atom. The lowest BCUT2D eigenvalue weighted by atomic mass is 9.97. The standard InChI is InChI=1S/C29H35F3N2O/c1-19(2)23-10-13-25(14-11-23)35-16-15-22(5)27-18-20(3)17-24(33-27)12-9-21(4)26-7-6-8-28(34-26)29(30,31)32/h6-8,10-11,13-14,17-19,21-22H,9,12,15-16H2,1-5H3. The number of alkyl halides is 3. The monoisotopic (exact) mass is 484 g/mol. The number of ether oxygens (including phenoxy) is 1. The van der Waals surface area contributed by atoms with Crippen molar-refractivity contribution in [3.05, 3.63) is 88.5 Å². The van der Waals surface area contributed by atoms with E-state index in [0.29, 0.717) is 31.1 Å². The van der Waals surface area contributed by atoms with Crippen LogP contribution in [0.1, 0.15) is 92.2 Å². The molecule has 0 radical (unpaired) electrons. The van der Waals surface area contributed by atoms with E-state index >= 15 is 0 Å². The average Bonchev–Trinajstić information content (AvgIpc) is 2.82. The van der Waals surface area contributed by atoms with Crippen LogP contribution in [0.3, 0.4) is 0 Å². The van der Waals surface area contributed by atoms with Crippen molar-refractivity contribution in [1.82, 2.24) is 9.97 Å². The quantitative estimate of drug-likeness (QED) is 0.291. The maximum Gasteiger partial charge on any atom is 0.433 e. The fraction of sp³-hybridized carbons (Fsp3) is 0.448. The van der Waals surface area contributed by atoms with Gasteiger partial charge in [-0.25, -0.2) is 4.98 Å².